The Morgan fingerprint density at radius 1 is 1.29 bits per heavy atom. The van der Waals surface area contributed by atoms with E-state index in [1.807, 2.05) is 6.92 Å². The lowest BCUT2D eigenvalue weighted by Crippen LogP contribution is -2.23. The summed E-state index contributed by atoms with van der Waals surface area (Å²) >= 11 is 3.40. The molecular weight excluding hydrogens is 377 g/mol. The molecule has 0 saturated carbocycles. The maximum absolute atomic E-state index is 13.6. The maximum Gasteiger partial charge on any atom is 0.251 e. The second-order valence-corrected chi connectivity index (χ2v) is 5.97. The largest absolute Gasteiger partial charge is 0.493 e. The average Bonchev–Trinajstić information content (AvgIpc) is 2.59. The van der Waals surface area contributed by atoms with E-state index in [2.05, 4.69) is 21.2 Å². The van der Waals surface area contributed by atoms with Crippen molar-refractivity contribution in [1.82, 2.24) is 5.32 Å². The summed E-state index contributed by atoms with van der Waals surface area (Å²) < 4.78 is 25.2. The Bertz CT molecular complexity index is 721. The lowest BCUT2D eigenvalue weighted by Gasteiger charge is -2.14. The van der Waals surface area contributed by atoms with Gasteiger partial charge in [0, 0.05) is 17.7 Å². The van der Waals surface area contributed by atoms with E-state index in [4.69, 9.17) is 9.47 Å². The van der Waals surface area contributed by atoms with E-state index < -0.39 is 0 Å². The van der Waals surface area contributed by atoms with Gasteiger partial charge < -0.3 is 14.8 Å². The van der Waals surface area contributed by atoms with Gasteiger partial charge in [-0.25, -0.2) is 4.39 Å². The molecule has 2 aromatic carbocycles. The van der Waals surface area contributed by atoms with Crippen LogP contribution in [-0.4, -0.2) is 19.6 Å². The van der Waals surface area contributed by atoms with Crippen LogP contribution in [0, 0.1) is 5.82 Å². The number of benzene rings is 2. The monoisotopic (exact) mass is 395 g/mol. The molecule has 0 aliphatic heterocycles. The molecule has 24 heavy (non-hydrogen) atoms. The van der Waals surface area contributed by atoms with Crippen LogP contribution < -0.4 is 14.8 Å². The summed E-state index contributed by atoms with van der Waals surface area (Å²) in [6, 6.07) is 9.59. The van der Waals surface area contributed by atoms with Gasteiger partial charge in [0.15, 0.2) is 11.5 Å². The minimum Gasteiger partial charge on any atom is -0.493 e. The Labute approximate surface area is 149 Å². The number of ether oxygens (including phenoxy) is 2. The minimum absolute atomic E-state index is 0.111. The predicted molar refractivity (Wildman–Crippen MR) is 94.1 cm³/mol. The summed E-state index contributed by atoms with van der Waals surface area (Å²) in [4.78, 5) is 12.3. The van der Waals surface area contributed by atoms with Crippen LogP contribution in [-0.2, 0) is 6.54 Å². The van der Waals surface area contributed by atoms with Crippen LogP contribution in [0.4, 0.5) is 4.39 Å². The first-order valence-electron chi connectivity index (χ1n) is 7.58. The summed E-state index contributed by atoms with van der Waals surface area (Å²) in [6.45, 7) is 2.66. The van der Waals surface area contributed by atoms with Gasteiger partial charge in [0.2, 0.25) is 0 Å². The van der Waals surface area contributed by atoms with E-state index in [1.165, 1.54) is 13.2 Å². The molecule has 0 aliphatic carbocycles. The van der Waals surface area contributed by atoms with E-state index in [0.29, 0.717) is 33.7 Å². The lowest BCUT2D eigenvalue weighted by atomic mass is 10.1. The third-order valence-electron chi connectivity index (χ3n) is 3.34. The zero-order valence-electron chi connectivity index (χ0n) is 13.6. The van der Waals surface area contributed by atoms with E-state index in [0.717, 1.165) is 6.42 Å². The van der Waals surface area contributed by atoms with Gasteiger partial charge in [-0.1, -0.05) is 25.1 Å². The molecule has 0 bridgehead atoms. The topological polar surface area (TPSA) is 47.6 Å². The van der Waals surface area contributed by atoms with Gasteiger partial charge in [-0.3, -0.25) is 4.79 Å². The highest BCUT2D eigenvalue weighted by Gasteiger charge is 2.15. The van der Waals surface area contributed by atoms with Gasteiger partial charge in [0.25, 0.3) is 5.91 Å². The quantitative estimate of drug-likeness (QED) is 0.759. The van der Waals surface area contributed by atoms with Crippen LogP contribution in [0.2, 0.25) is 0 Å². The Kier molecular flexibility index (Phi) is 6.61. The SMILES string of the molecule is CCCOc1c(Br)cc(C(=O)NCc2ccccc2F)cc1OC. The zero-order chi connectivity index (χ0) is 17.5. The molecule has 0 aromatic heterocycles. The summed E-state index contributed by atoms with van der Waals surface area (Å²) in [5.74, 6) is 0.359. The fourth-order valence-corrected chi connectivity index (χ4v) is 2.67. The molecule has 0 heterocycles. The summed E-state index contributed by atoms with van der Waals surface area (Å²) in [5, 5.41) is 2.70. The third-order valence-corrected chi connectivity index (χ3v) is 3.93. The van der Waals surface area contributed by atoms with Crippen LogP contribution in [0.3, 0.4) is 0 Å². The van der Waals surface area contributed by atoms with Crippen molar-refractivity contribution in [2.75, 3.05) is 13.7 Å². The first-order chi connectivity index (χ1) is 11.6. The van der Waals surface area contributed by atoms with Crippen molar-refractivity contribution < 1.29 is 18.7 Å². The molecule has 0 unspecified atom stereocenters. The maximum atomic E-state index is 13.6. The van der Waals surface area contributed by atoms with E-state index >= 15 is 0 Å². The first kappa shape index (κ1) is 18.3. The standard InChI is InChI=1S/C18H19BrFNO3/c1-3-8-24-17-14(19)9-13(10-16(17)23-2)18(22)21-11-12-6-4-5-7-15(12)20/h4-7,9-10H,3,8,11H2,1-2H3,(H,21,22). The number of carbonyl (C=O) groups excluding carboxylic acids is 1. The molecule has 0 spiro atoms. The van der Waals surface area contributed by atoms with Crippen LogP contribution in [0.1, 0.15) is 29.3 Å². The summed E-state index contributed by atoms with van der Waals surface area (Å²) in [6.07, 6.45) is 0.862. The van der Waals surface area contributed by atoms with Gasteiger partial charge in [-0.05, 0) is 40.5 Å². The average molecular weight is 396 g/mol. The van der Waals surface area contributed by atoms with Gasteiger partial charge in [-0.2, -0.15) is 0 Å². The highest BCUT2D eigenvalue weighted by Crippen LogP contribution is 2.36. The third kappa shape index (κ3) is 4.47. The number of hydrogen-bond donors (Lipinski definition) is 1. The lowest BCUT2D eigenvalue weighted by molar-refractivity contribution is 0.0950. The highest BCUT2D eigenvalue weighted by molar-refractivity contribution is 9.10. The molecule has 0 radical (unpaired) electrons. The van der Waals surface area contributed by atoms with Crippen molar-refractivity contribution in [3.63, 3.8) is 0 Å². The van der Waals surface area contributed by atoms with Crippen LogP contribution in [0.25, 0.3) is 0 Å². The predicted octanol–water partition coefficient (Wildman–Crippen LogP) is 4.32. The molecule has 0 fully saturated rings. The molecular formula is C18H19BrFNO3. The minimum atomic E-state index is -0.347. The Balaban J connectivity index is 2.14. The van der Waals surface area contributed by atoms with Crippen molar-refractivity contribution in [1.29, 1.82) is 0 Å². The second-order valence-electron chi connectivity index (χ2n) is 5.11. The highest BCUT2D eigenvalue weighted by atomic mass is 79.9. The fourth-order valence-electron chi connectivity index (χ4n) is 2.11. The molecule has 128 valence electrons. The van der Waals surface area contributed by atoms with E-state index in [9.17, 15) is 9.18 Å². The molecule has 0 atom stereocenters. The molecule has 2 aromatic rings. The number of halogens is 2. The number of hydrogen-bond acceptors (Lipinski definition) is 3. The number of amides is 1. The molecule has 1 amide bonds. The fraction of sp³-hybridized carbons (Fsp3) is 0.278. The van der Waals surface area contributed by atoms with Crippen LogP contribution in [0.5, 0.6) is 11.5 Å². The van der Waals surface area contributed by atoms with Gasteiger partial charge in [0.05, 0.1) is 18.2 Å². The second kappa shape index (κ2) is 8.68. The number of rotatable bonds is 7. The number of carbonyl (C=O) groups is 1. The zero-order valence-corrected chi connectivity index (χ0v) is 15.2. The number of methoxy groups -OCH3 is 1. The molecule has 0 aliphatic rings. The van der Waals surface area contributed by atoms with Crippen molar-refractivity contribution in [2.45, 2.75) is 19.9 Å². The molecule has 6 heteroatoms. The van der Waals surface area contributed by atoms with Crippen LogP contribution in [0.15, 0.2) is 40.9 Å². The molecule has 1 N–H and O–H groups in total. The summed E-state index contributed by atoms with van der Waals surface area (Å²) in [7, 11) is 1.52. The van der Waals surface area contributed by atoms with Crippen molar-refractivity contribution in [3.8, 4) is 11.5 Å². The van der Waals surface area contributed by atoms with Gasteiger partial charge in [0.1, 0.15) is 5.82 Å². The normalized spacial score (nSPS) is 10.3. The first-order valence-corrected chi connectivity index (χ1v) is 8.38. The van der Waals surface area contributed by atoms with E-state index in [1.54, 1.807) is 30.3 Å². The number of nitrogens with one attached hydrogen (secondary N) is 1. The summed E-state index contributed by atoms with van der Waals surface area (Å²) in [5.41, 5.74) is 0.832. The van der Waals surface area contributed by atoms with Gasteiger partial charge >= 0.3 is 0 Å². The van der Waals surface area contributed by atoms with Crippen molar-refractivity contribution >= 4 is 21.8 Å². The van der Waals surface area contributed by atoms with Gasteiger partial charge in [-0.15, -0.1) is 0 Å². The Morgan fingerprint density at radius 2 is 2.04 bits per heavy atom. The Hall–Kier alpha value is -2.08. The molecule has 4 nitrogen and oxygen atoms in total. The van der Waals surface area contributed by atoms with Crippen molar-refractivity contribution in [3.05, 3.63) is 57.8 Å². The van der Waals surface area contributed by atoms with Crippen molar-refractivity contribution in [2.24, 2.45) is 0 Å². The Morgan fingerprint density at radius 3 is 2.71 bits per heavy atom. The smallest absolute Gasteiger partial charge is 0.251 e. The van der Waals surface area contributed by atoms with E-state index in [-0.39, 0.29) is 18.3 Å². The van der Waals surface area contributed by atoms with Crippen LogP contribution >= 0.6 is 15.9 Å². The molecule has 2 rings (SSSR count). The molecule has 0 saturated heterocycles.